The molecule has 0 aliphatic carbocycles. The summed E-state index contributed by atoms with van der Waals surface area (Å²) in [6.45, 7) is 11.7. The largest absolute Gasteiger partial charge is 0.305 e. The first kappa shape index (κ1) is 13.0. The Morgan fingerprint density at radius 1 is 1.12 bits per heavy atom. The van der Waals surface area contributed by atoms with E-state index in [1.165, 1.54) is 16.7 Å². The molecule has 0 saturated heterocycles. The molecule has 0 aliphatic rings. The molecule has 0 heterocycles. The van der Waals surface area contributed by atoms with Crippen molar-refractivity contribution in [3.8, 4) is 0 Å². The Balaban J connectivity index is 2.83. The molecular weight excluding hydrogens is 194 g/mol. The summed E-state index contributed by atoms with van der Waals surface area (Å²) in [5, 5.41) is 0. The molecule has 0 saturated carbocycles. The summed E-state index contributed by atoms with van der Waals surface area (Å²) in [4.78, 5) is 2.14. The third-order valence-corrected chi connectivity index (χ3v) is 2.67. The third-order valence-electron chi connectivity index (χ3n) is 2.67. The van der Waals surface area contributed by atoms with Crippen LogP contribution in [0, 0.1) is 0 Å². The predicted molar refractivity (Wildman–Crippen MR) is 72.7 cm³/mol. The fourth-order valence-corrected chi connectivity index (χ4v) is 1.68. The highest BCUT2D eigenvalue weighted by Crippen LogP contribution is 2.23. The number of rotatable bonds is 3. The van der Waals surface area contributed by atoms with Crippen molar-refractivity contribution < 1.29 is 0 Å². The number of nitrogens with zero attached hydrogens (tertiary/aromatic N) is 1. The van der Waals surface area contributed by atoms with Crippen LogP contribution in [0.15, 0.2) is 30.8 Å². The topological polar surface area (TPSA) is 3.24 Å². The zero-order valence-corrected chi connectivity index (χ0v) is 11.2. The lowest BCUT2D eigenvalue weighted by atomic mass is 9.86. The summed E-state index contributed by atoms with van der Waals surface area (Å²) in [6, 6.07) is 8.76. The monoisotopic (exact) mass is 217 g/mol. The second kappa shape index (κ2) is 4.84. The molecule has 1 aromatic rings. The molecule has 0 atom stereocenters. The number of likely N-dealkylation sites (N-methyl/N-ethyl adjacent to an activating group) is 1. The standard InChI is InChI=1S/C15H23N/c1-12(11-16(5)6)13-7-9-14(10-8-13)15(2,3)4/h7-10H,1,11H2,2-6H3. The van der Waals surface area contributed by atoms with E-state index in [2.05, 4.69) is 70.6 Å². The van der Waals surface area contributed by atoms with Crippen molar-refractivity contribution in [2.75, 3.05) is 20.6 Å². The quantitative estimate of drug-likeness (QED) is 0.748. The fraction of sp³-hybridized carbons (Fsp3) is 0.467. The van der Waals surface area contributed by atoms with Gasteiger partial charge in [-0.05, 0) is 36.2 Å². The Bertz CT molecular complexity index is 352. The van der Waals surface area contributed by atoms with Gasteiger partial charge in [0.1, 0.15) is 0 Å². The minimum absolute atomic E-state index is 0.224. The molecule has 0 unspecified atom stereocenters. The van der Waals surface area contributed by atoms with Crippen LogP contribution in [0.2, 0.25) is 0 Å². The number of hydrogen-bond donors (Lipinski definition) is 0. The van der Waals surface area contributed by atoms with Gasteiger partial charge in [-0.25, -0.2) is 0 Å². The average Bonchev–Trinajstić information content (AvgIpc) is 2.15. The second-order valence-corrected chi connectivity index (χ2v) is 5.67. The number of hydrogen-bond acceptors (Lipinski definition) is 1. The van der Waals surface area contributed by atoms with Crippen LogP contribution in [0.25, 0.3) is 5.57 Å². The Kier molecular flexibility index (Phi) is 3.93. The molecule has 0 radical (unpaired) electrons. The summed E-state index contributed by atoms with van der Waals surface area (Å²) in [7, 11) is 4.13. The summed E-state index contributed by atoms with van der Waals surface area (Å²) in [5.41, 5.74) is 4.00. The highest BCUT2D eigenvalue weighted by atomic mass is 15.0. The van der Waals surface area contributed by atoms with Gasteiger partial charge in [0.15, 0.2) is 0 Å². The Hall–Kier alpha value is -1.08. The SMILES string of the molecule is C=C(CN(C)C)c1ccc(C(C)(C)C)cc1. The van der Waals surface area contributed by atoms with Gasteiger partial charge >= 0.3 is 0 Å². The molecule has 88 valence electrons. The van der Waals surface area contributed by atoms with Gasteiger partial charge in [0.2, 0.25) is 0 Å². The van der Waals surface area contributed by atoms with Gasteiger partial charge in [0, 0.05) is 6.54 Å². The minimum Gasteiger partial charge on any atom is -0.305 e. The first-order valence-corrected chi connectivity index (χ1v) is 5.74. The first-order chi connectivity index (χ1) is 7.30. The Labute approximate surface area is 99.8 Å². The lowest BCUT2D eigenvalue weighted by molar-refractivity contribution is 0.463. The Morgan fingerprint density at radius 2 is 1.62 bits per heavy atom. The van der Waals surface area contributed by atoms with Gasteiger partial charge in [0.25, 0.3) is 0 Å². The molecule has 1 rings (SSSR count). The fourth-order valence-electron chi connectivity index (χ4n) is 1.68. The van der Waals surface area contributed by atoms with Crippen LogP contribution >= 0.6 is 0 Å². The number of benzene rings is 1. The molecular formula is C15H23N. The molecule has 0 N–H and O–H groups in total. The summed E-state index contributed by atoms with van der Waals surface area (Å²) in [6.07, 6.45) is 0. The molecule has 0 fully saturated rings. The molecule has 1 heteroatoms. The molecule has 1 nitrogen and oxygen atoms in total. The van der Waals surface area contributed by atoms with Crippen molar-refractivity contribution in [3.63, 3.8) is 0 Å². The van der Waals surface area contributed by atoms with E-state index in [-0.39, 0.29) is 5.41 Å². The van der Waals surface area contributed by atoms with Crippen LogP contribution in [0.3, 0.4) is 0 Å². The van der Waals surface area contributed by atoms with E-state index in [4.69, 9.17) is 0 Å². The summed E-state index contributed by atoms with van der Waals surface area (Å²) in [5.74, 6) is 0. The zero-order chi connectivity index (χ0) is 12.3. The Morgan fingerprint density at radius 3 is 2.00 bits per heavy atom. The van der Waals surface area contributed by atoms with E-state index in [9.17, 15) is 0 Å². The maximum absolute atomic E-state index is 4.12. The molecule has 0 aromatic heterocycles. The van der Waals surface area contributed by atoms with E-state index in [1.807, 2.05) is 0 Å². The van der Waals surface area contributed by atoms with E-state index >= 15 is 0 Å². The first-order valence-electron chi connectivity index (χ1n) is 5.74. The lowest BCUT2D eigenvalue weighted by Crippen LogP contribution is -2.14. The minimum atomic E-state index is 0.224. The molecule has 1 aromatic carbocycles. The molecule has 0 bridgehead atoms. The van der Waals surface area contributed by atoms with Crippen LogP contribution in [0.1, 0.15) is 31.9 Å². The van der Waals surface area contributed by atoms with E-state index in [1.54, 1.807) is 0 Å². The highest BCUT2D eigenvalue weighted by Gasteiger charge is 2.13. The van der Waals surface area contributed by atoms with Gasteiger partial charge in [0.05, 0.1) is 0 Å². The van der Waals surface area contributed by atoms with Crippen molar-refractivity contribution in [2.24, 2.45) is 0 Å². The van der Waals surface area contributed by atoms with Gasteiger partial charge < -0.3 is 4.90 Å². The average molecular weight is 217 g/mol. The van der Waals surface area contributed by atoms with Crippen LogP contribution < -0.4 is 0 Å². The van der Waals surface area contributed by atoms with Crippen molar-refractivity contribution in [1.82, 2.24) is 4.90 Å². The smallest absolute Gasteiger partial charge is 0.0227 e. The normalized spacial score (nSPS) is 11.9. The summed E-state index contributed by atoms with van der Waals surface area (Å²) < 4.78 is 0. The third kappa shape index (κ3) is 3.49. The molecule has 0 amide bonds. The van der Waals surface area contributed by atoms with E-state index < -0.39 is 0 Å². The predicted octanol–water partition coefficient (Wildman–Crippen LogP) is 3.56. The molecule has 16 heavy (non-hydrogen) atoms. The maximum atomic E-state index is 4.12. The summed E-state index contributed by atoms with van der Waals surface area (Å²) >= 11 is 0. The van der Waals surface area contributed by atoms with Crippen LogP contribution in [0.4, 0.5) is 0 Å². The van der Waals surface area contributed by atoms with Gasteiger partial charge in [-0.15, -0.1) is 0 Å². The van der Waals surface area contributed by atoms with Gasteiger partial charge in [-0.1, -0.05) is 51.6 Å². The van der Waals surface area contributed by atoms with Crippen molar-refractivity contribution in [3.05, 3.63) is 42.0 Å². The lowest BCUT2D eigenvalue weighted by Gasteiger charge is -2.20. The molecule has 0 aliphatic heterocycles. The van der Waals surface area contributed by atoms with Crippen molar-refractivity contribution >= 4 is 5.57 Å². The van der Waals surface area contributed by atoms with E-state index in [0.29, 0.717) is 0 Å². The second-order valence-electron chi connectivity index (χ2n) is 5.67. The van der Waals surface area contributed by atoms with Crippen LogP contribution in [0.5, 0.6) is 0 Å². The van der Waals surface area contributed by atoms with Crippen molar-refractivity contribution in [2.45, 2.75) is 26.2 Å². The van der Waals surface area contributed by atoms with E-state index in [0.717, 1.165) is 6.54 Å². The van der Waals surface area contributed by atoms with Crippen molar-refractivity contribution in [1.29, 1.82) is 0 Å². The van der Waals surface area contributed by atoms with Gasteiger partial charge in [-0.3, -0.25) is 0 Å². The maximum Gasteiger partial charge on any atom is 0.0227 e. The molecule has 0 spiro atoms. The highest BCUT2D eigenvalue weighted by molar-refractivity contribution is 5.64. The zero-order valence-electron chi connectivity index (χ0n) is 11.2. The van der Waals surface area contributed by atoms with Crippen LogP contribution in [-0.4, -0.2) is 25.5 Å². The van der Waals surface area contributed by atoms with Gasteiger partial charge in [-0.2, -0.15) is 0 Å². The van der Waals surface area contributed by atoms with Crippen LogP contribution in [-0.2, 0) is 5.41 Å².